The summed E-state index contributed by atoms with van der Waals surface area (Å²) in [4.78, 5) is 25.9. The van der Waals surface area contributed by atoms with E-state index >= 15 is 0 Å². The lowest BCUT2D eigenvalue weighted by atomic mass is 9.93. The summed E-state index contributed by atoms with van der Waals surface area (Å²) in [5.41, 5.74) is 0.736. The van der Waals surface area contributed by atoms with Gasteiger partial charge in [0.2, 0.25) is 0 Å². The van der Waals surface area contributed by atoms with Gasteiger partial charge in [-0.05, 0) is 43.2 Å². The highest BCUT2D eigenvalue weighted by Crippen LogP contribution is 2.52. The SMILES string of the molecule is Cc1cc(C(=O)N2CC(O)CC3(CC3)C2)sc1C(=O)O. The highest BCUT2D eigenvalue weighted by atomic mass is 32.1. The van der Waals surface area contributed by atoms with Crippen LogP contribution in [0, 0.1) is 12.3 Å². The number of aryl methyl sites for hydroxylation is 1. The first-order chi connectivity index (χ1) is 9.40. The standard InChI is InChI=1S/C14H17NO4S/c1-8-4-10(20-11(8)13(18)19)12(17)15-6-9(16)5-14(7-15)2-3-14/h4,9,16H,2-3,5-7H2,1H3,(H,18,19). The van der Waals surface area contributed by atoms with Crippen molar-refractivity contribution >= 4 is 23.2 Å². The van der Waals surface area contributed by atoms with Crippen molar-refractivity contribution in [3.8, 4) is 0 Å². The predicted molar refractivity (Wildman–Crippen MR) is 74.2 cm³/mol. The second kappa shape index (κ2) is 4.56. The Bertz CT molecular complexity index is 576. The van der Waals surface area contributed by atoms with Crippen LogP contribution in [0.1, 0.15) is 44.2 Å². The molecule has 2 heterocycles. The molecule has 3 rings (SSSR count). The molecule has 1 aromatic rings. The summed E-state index contributed by atoms with van der Waals surface area (Å²) in [6.07, 6.45) is 2.45. The Hall–Kier alpha value is -1.40. The Morgan fingerprint density at radius 1 is 1.45 bits per heavy atom. The number of hydrogen-bond acceptors (Lipinski definition) is 4. The Balaban J connectivity index is 1.81. The van der Waals surface area contributed by atoms with Crippen molar-refractivity contribution in [1.29, 1.82) is 0 Å². The molecule has 5 nitrogen and oxygen atoms in total. The molecule has 0 radical (unpaired) electrons. The zero-order chi connectivity index (χ0) is 14.5. The van der Waals surface area contributed by atoms with Crippen LogP contribution in [0.25, 0.3) is 0 Å². The molecule has 0 aromatic carbocycles. The molecule has 2 aliphatic rings. The van der Waals surface area contributed by atoms with Gasteiger partial charge in [-0.15, -0.1) is 11.3 Å². The molecule has 1 aliphatic heterocycles. The normalized spacial score (nSPS) is 23.9. The second-order valence-corrected chi connectivity index (χ2v) is 7.02. The number of aliphatic hydroxyl groups is 1. The van der Waals surface area contributed by atoms with Crippen molar-refractivity contribution in [1.82, 2.24) is 4.90 Å². The van der Waals surface area contributed by atoms with Crippen LogP contribution >= 0.6 is 11.3 Å². The van der Waals surface area contributed by atoms with Crippen LogP contribution in [0.2, 0.25) is 0 Å². The first-order valence-electron chi connectivity index (χ1n) is 6.71. The number of aromatic carboxylic acids is 1. The highest BCUT2D eigenvalue weighted by molar-refractivity contribution is 7.16. The zero-order valence-electron chi connectivity index (χ0n) is 11.3. The van der Waals surface area contributed by atoms with Crippen molar-refractivity contribution in [3.05, 3.63) is 21.4 Å². The maximum Gasteiger partial charge on any atom is 0.346 e. The summed E-state index contributed by atoms with van der Waals surface area (Å²) in [5, 5.41) is 19.0. The lowest BCUT2D eigenvalue weighted by molar-refractivity contribution is 0.0257. The highest BCUT2D eigenvalue weighted by Gasteiger charge is 2.49. The molecule has 1 spiro atoms. The van der Waals surface area contributed by atoms with E-state index < -0.39 is 12.1 Å². The molecule has 1 aromatic heterocycles. The minimum atomic E-state index is -0.996. The number of carbonyl (C=O) groups excluding carboxylic acids is 1. The summed E-state index contributed by atoms with van der Waals surface area (Å²) < 4.78 is 0. The molecule has 1 amide bonds. The van der Waals surface area contributed by atoms with E-state index in [-0.39, 0.29) is 16.2 Å². The number of piperidine rings is 1. The zero-order valence-corrected chi connectivity index (χ0v) is 12.1. The lowest BCUT2D eigenvalue weighted by Crippen LogP contribution is -2.46. The molecular weight excluding hydrogens is 278 g/mol. The molecule has 1 aliphatic carbocycles. The van der Waals surface area contributed by atoms with Crippen LogP contribution in [0.4, 0.5) is 0 Å². The van der Waals surface area contributed by atoms with Gasteiger partial charge in [0.05, 0.1) is 11.0 Å². The van der Waals surface area contributed by atoms with Gasteiger partial charge < -0.3 is 15.1 Å². The monoisotopic (exact) mass is 295 g/mol. The molecule has 1 atom stereocenters. The van der Waals surface area contributed by atoms with Gasteiger partial charge in [-0.1, -0.05) is 0 Å². The number of likely N-dealkylation sites (tertiary alicyclic amines) is 1. The number of amides is 1. The number of β-amino-alcohol motifs (C(OH)–C–C–N with tert-alkyl or cyclic N) is 1. The summed E-state index contributed by atoms with van der Waals surface area (Å²) in [6.45, 7) is 2.73. The van der Waals surface area contributed by atoms with Gasteiger partial charge in [-0.25, -0.2) is 4.79 Å². The summed E-state index contributed by atoms with van der Waals surface area (Å²) >= 11 is 1.02. The molecule has 1 saturated heterocycles. The van der Waals surface area contributed by atoms with Gasteiger partial charge in [0.25, 0.3) is 5.91 Å². The van der Waals surface area contributed by atoms with E-state index in [2.05, 4.69) is 0 Å². The Morgan fingerprint density at radius 2 is 2.15 bits per heavy atom. The van der Waals surface area contributed by atoms with E-state index in [1.807, 2.05) is 0 Å². The van der Waals surface area contributed by atoms with Crippen LogP contribution in [-0.4, -0.2) is 46.2 Å². The molecule has 108 valence electrons. The van der Waals surface area contributed by atoms with Crippen LogP contribution in [-0.2, 0) is 0 Å². The largest absolute Gasteiger partial charge is 0.477 e. The predicted octanol–water partition coefficient (Wildman–Crippen LogP) is 1.74. The third-order valence-corrected chi connectivity index (χ3v) is 5.41. The molecule has 20 heavy (non-hydrogen) atoms. The number of carboxylic acids is 1. The maximum atomic E-state index is 12.5. The lowest BCUT2D eigenvalue weighted by Gasteiger charge is -2.35. The molecule has 0 bridgehead atoms. The van der Waals surface area contributed by atoms with Crippen molar-refractivity contribution in [3.63, 3.8) is 0 Å². The number of hydrogen-bond donors (Lipinski definition) is 2. The van der Waals surface area contributed by atoms with Gasteiger partial charge in [0.15, 0.2) is 0 Å². The average molecular weight is 295 g/mol. The summed E-state index contributed by atoms with van der Waals surface area (Å²) in [7, 11) is 0. The molecule has 1 unspecified atom stereocenters. The number of thiophene rings is 1. The quantitative estimate of drug-likeness (QED) is 0.871. The minimum absolute atomic E-state index is 0.120. The van der Waals surface area contributed by atoms with Gasteiger partial charge in [-0.3, -0.25) is 4.79 Å². The van der Waals surface area contributed by atoms with Crippen LogP contribution < -0.4 is 0 Å². The van der Waals surface area contributed by atoms with E-state index in [1.165, 1.54) is 0 Å². The fourth-order valence-electron chi connectivity index (χ4n) is 3.00. The van der Waals surface area contributed by atoms with Gasteiger partial charge in [0, 0.05) is 13.1 Å². The Labute approximate surface area is 120 Å². The Kier molecular flexibility index (Phi) is 3.10. The smallest absolute Gasteiger partial charge is 0.346 e. The first kappa shape index (κ1) is 13.6. The van der Waals surface area contributed by atoms with E-state index in [4.69, 9.17) is 5.11 Å². The molecule has 6 heteroatoms. The fraction of sp³-hybridized carbons (Fsp3) is 0.571. The van der Waals surface area contributed by atoms with E-state index in [0.29, 0.717) is 23.5 Å². The molecule has 2 N–H and O–H groups in total. The van der Waals surface area contributed by atoms with E-state index in [9.17, 15) is 14.7 Å². The maximum absolute atomic E-state index is 12.5. The topological polar surface area (TPSA) is 77.8 Å². The molecule has 2 fully saturated rings. The number of carboxylic acid groups (broad SMARTS) is 1. The summed E-state index contributed by atoms with van der Waals surface area (Å²) in [5.74, 6) is -1.15. The third-order valence-electron chi connectivity index (χ3n) is 4.19. The number of carbonyl (C=O) groups is 2. The summed E-state index contributed by atoms with van der Waals surface area (Å²) in [6, 6.07) is 1.64. The molecule has 1 saturated carbocycles. The van der Waals surface area contributed by atoms with Crippen molar-refractivity contribution in [2.75, 3.05) is 13.1 Å². The molecular formula is C14H17NO4S. The van der Waals surface area contributed by atoms with Crippen LogP contribution in [0.3, 0.4) is 0 Å². The minimum Gasteiger partial charge on any atom is -0.477 e. The van der Waals surface area contributed by atoms with Gasteiger partial charge in [0.1, 0.15) is 4.88 Å². The van der Waals surface area contributed by atoms with Crippen molar-refractivity contribution in [2.45, 2.75) is 32.3 Å². The third kappa shape index (κ3) is 2.33. The fourth-order valence-corrected chi connectivity index (χ4v) is 3.98. The average Bonchev–Trinajstić information content (AvgIpc) is 2.97. The second-order valence-electron chi connectivity index (χ2n) is 5.97. The van der Waals surface area contributed by atoms with Crippen molar-refractivity contribution in [2.24, 2.45) is 5.41 Å². The van der Waals surface area contributed by atoms with Gasteiger partial charge in [-0.2, -0.15) is 0 Å². The van der Waals surface area contributed by atoms with Crippen molar-refractivity contribution < 1.29 is 19.8 Å². The van der Waals surface area contributed by atoms with Crippen LogP contribution in [0.15, 0.2) is 6.07 Å². The van der Waals surface area contributed by atoms with E-state index in [1.54, 1.807) is 17.9 Å². The Morgan fingerprint density at radius 3 is 2.70 bits per heavy atom. The number of rotatable bonds is 2. The number of nitrogens with zero attached hydrogens (tertiary/aromatic N) is 1. The first-order valence-corrected chi connectivity index (χ1v) is 7.53. The van der Waals surface area contributed by atoms with Gasteiger partial charge >= 0.3 is 5.97 Å². The van der Waals surface area contributed by atoms with Crippen LogP contribution in [0.5, 0.6) is 0 Å². The van der Waals surface area contributed by atoms with E-state index in [0.717, 1.165) is 30.6 Å². The number of aliphatic hydroxyl groups excluding tert-OH is 1.